The minimum Gasteiger partial charge on any atom is -0.338 e. The molecule has 2 N–H and O–H groups in total. The molecule has 156 valence electrons. The van der Waals surface area contributed by atoms with E-state index < -0.39 is 0 Å². The lowest BCUT2D eigenvalue weighted by atomic mass is 10.1. The Balaban J connectivity index is 3.13. The second kappa shape index (κ2) is 22.3. The average Bonchev–Trinajstić information content (AvgIpc) is 2.64. The minimum absolute atomic E-state index is 0.0175. The Morgan fingerprint density at radius 2 is 0.731 bits per heavy atom. The number of hydrogen-bond donors (Lipinski definition) is 2. The van der Waals surface area contributed by atoms with Crippen LogP contribution in [0, 0.1) is 0 Å². The van der Waals surface area contributed by atoms with Gasteiger partial charge in [-0.15, -0.1) is 0 Å². The summed E-state index contributed by atoms with van der Waals surface area (Å²) in [4.78, 5) is 11.7. The number of hydrogen-bond acceptors (Lipinski definition) is 1. The molecule has 3 nitrogen and oxygen atoms in total. The number of carbonyl (C=O) groups excluding carboxylic acids is 1. The number of urea groups is 1. The van der Waals surface area contributed by atoms with Gasteiger partial charge < -0.3 is 10.6 Å². The standard InChI is InChI=1S/C23H48N2O/c1-3-5-7-9-11-13-14-16-18-20-22-25-23(26)24-21-19-17-15-12-10-8-6-4-2/h3-22H2,1-2H3,(H2,24,25,26). The second-order valence-electron chi connectivity index (χ2n) is 7.84. The van der Waals surface area contributed by atoms with E-state index in [2.05, 4.69) is 24.5 Å². The lowest BCUT2D eigenvalue weighted by molar-refractivity contribution is 0.240. The molecule has 0 aliphatic carbocycles. The Kier molecular flexibility index (Phi) is 21.7. The Bertz CT molecular complexity index is 281. The molecule has 0 rings (SSSR count). The molecule has 0 aromatic heterocycles. The van der Waals surface area contributed by atoms with Gasteiger partial charge in [0.25, 0.3) is 0 Å². The van der Waals surface area contributed by atoms with Crippen molar-refractivity contribution < 1.29 is 4.79 Å². The molecule has 0 unspecified atom stereocenters. The maximum Gasteiger partial charge on any atom is 0.314 e. The van der Waals surface area contributed by atoms with Gasteiger partial charge in [-0.2, -0.15) is 0 Å². The summed E-state index contributed by atoms with van der Waals surface area (Å²) >= 11 is 0. The van der Waals surface area contributed by atoms with Gasteiger partial charge in [0.15, 0.2) is 0 Å². The highest BCUT2D eigenvalue weighted by atomic mass is 16.2. The summed E-state index contributed by atoms with van der Waals surface area (Å²) in [5.41, 5.74) is 0. The number of amides is 2. The van der Waals surface area contributed by atoms with Gasteiger partial charge in [-0.05, 0) is 12.8 Å². The fraction of sp³-hybridized carbons (Fsp3) is 0.957. The molecule has 0 aliphatic rings. The normalized spacial score (nSPS) is 10.8. The molecule has 0 fully saturated rings. The molecule has 0 aromatic rings. The topological polar surface area (TPSA) is 41.1 Å². The summed E-state index contributed by atoms with van der Waals surface area (Å²) in [7, 11) is 0. The quantitative estimate of drug-likeness (QED) is 0.217. The zero-order valence-electron chi connectivity index (χ0n) is 18.1. The molecule has 0 saturated carbocycles. The molecule has 0 bridgehead atoms. The van der Waals surface area contributed by atoms with Crippen LogP contribution in [-0.4, -0.2) is 19.1 Å². The van der Waals surface area contributed by atoms with Gasteiger partial charge in [0.2, 0.25) is 0 Å². The Labute approximate surface area is 164 Å². The number of unbranched alkanes of at least 4 members (excludes halogenated alkanes) is 16. The Morgan fingerprint density at radius 3 is 1.04 bits per heavy atom. The van der Waals surface area contributed by atoms with Crippen LogP contribution in [0.3, 0.4) is 0 Å². The van der Waals surface area contributed by atoms with Crippen LogP contribution < -0.4 is 10.6 Å². The van der Waals surface area contributed by atoms with Crippen LogP contribution in [-0.2, 0) is 0 Å². The monoisotopic (exact) mass is 368 g/mol. The van der Waals surface area contributed by atoms with Crippen molar-refractivity contribution in [2.75, 3.05) is 13.1 Å². The maximum atomic E-state index is 11.7. The van der Waals surface area contributed by atoms with Gasteiger partial charge in [-0.3, -0.25) is 0 Å². The smallest absolute Gasteiger partial charge is 0.314 e. The predicted octanol–water partition coefficient (Wildman–Crippen LogP) is 7.35. The molecule has 0 saturated heterocycles. The molecule has 0 heterocycles. The van der Waals surface area contributed by atoms with Gasteiger partial charge in [0.05, 0.1) is 0 Å². The largest absolute Gasteiger partial charge is 0.338 e. The fourth-order valence-corrected chi connectivity index (χ4v) is 3.34. The van der Waals surface area contributed by atoms with Gasteiger partial charge in [-0.25, -0.2) is 4.79 Å². The first-order valence-corrected chi connectivity index (χ1v) is 11.8. The zero-order chi connectivity index (χ0) is 19.1. The molecule has 0 atom stereocenters. The van der Waals surface area contributed by atoms with Gasteiger partial charge in [0, 0.05) is 13.1 Å². The van der Waals surface area contributed by atoms with Crippen LogP contribution in [0.15, 0.2) is 0 Å². The van der Waals surface area contributed by atoms with Gasteiger partial charge in [-0.1, -0.05) is 117 Å². The first-order chi connectivity index (χ1) is 12.8. The number of carbonyl (C=O) groups is 1. The van der Waals surface area contributed by atoms with Crippen LogP contribution >= 0.6 is 0 Å². The van der Waals surface area contributed by atoms with Crippen LogP contribution in [0.5, 0.6) is 0 Å². The second-order valence-corrected chi connectivity index (χ2v) is 7.84. The molecule has 26 heavy (non-hydrogen) atoms. The van der Waals surface area contributed by atoms with E-state index in [0.29, 0.717) is 0 Å². The average molecular weight is 369 g/mol. The summed E-state index contributed by atoms with van der Waals surface area (Å²) in [6, 6.07) is 0.0175. The predicted molar refractivity (Wildman–Crippen MR) is 116 cm³/mol. The first-order valence-electron chi connectivity index (χ1n) is 11.8. The van der Waals surface area contributed by atoms with Crippen molar-refractivity contribution in [1.82, 2.24) is 10.6 Å². The minimum atomic E-state index is 0.0175. The third kappa shape index (κ3) is 21.3. The van der Waals surface area contributed by atoms with Gasteiger partial charge >= 0.3 is 6.03 Å². The van der Waals surface area contributed by atoms with Crippen molar-refractivity contribution in [3.8, 4) is 0 Å². The summed E-state index contributed by atoms with van der Waals surface area (Å²) in [6.07, 6.45) is 23.8. The van der Waals surface area contributed by atoms with Crippen LogP contribution in [0.25, 0.3) is 0 Å². The lowest BCUT2D eigenvalue weighted by Gasteiger charge is -2.08. The maximum absolute atomic E-state index is 11.7. The summed E-state index contributed by atoms with van der Waals surface area (Å²) in [5, 5.41) is 5.96. The van der Waals surface area contributed by atoms with Crippen molar-refractivity contribution in [3.63, 3.8) is 0 Å². The SMILES string of the molecule is CCCCCCCCCCCCNC(=O)NCCCCCCCCCC. The third-order valence-electron chi connectivity index (χ3n) is 5.13. The van der Waals surface area contributed by atoms with Crippen molar-refractivity contribution in [2.45, 2.75) is 129 Å². The summed E-state index contributed by atoms with van der Waals surface area (Å²) < 4.78 is 0. The fourth-order valence-electron chi connectivity index (χ4n) is 3.34. The number of nitrogens with one attached hydrogen (secondary N) is 2. The van der Waals surface area contributed by atoms with E-state index in [-0.39, 0.29) is 6.03 Å². The first kappa shape index (κ1) is 25.3. The van der Waals surface area contributed by atoms with Crippen molar-refractivity contribution >= 4 is 6.03 Å². The van der Waals surface area contributed by atoms with Gasteiger partial charge in [0.1, 0.15) is 0 Å². The molecule has 0 aliphatic heterocycles. The van der Waals surface area contributed by atoms with Crippen molar-refractivity contribution in [3.05, 3.63) is 0 Å². The van der Waals surface area contributed by atoms with E-state index in [0.717, 1.165) is 25.9 Å². The molecular formula is C23H48N2O. The van der Waals surface area contributed by atoms with Crippen LogP contribution in [0.1, 0.15) is 129 Å². The molecular weight excluding hydrogens is 320 g/mol. The zero-order valence-corrected chi connectivity index (χ0v) is 18.1. The van der Waals surface area contributed by atoms with Crippen LogP contribution in [0.2, 0.25) is 0 Å². The third-order valence-corrected chi connectivity index (χ3v) is 5.13. The number of rotatable bonds is 20. The van der Waals surface area contributed by atoms with Crippen molar-refractivity contribution in [1.29, 1.82) is 0 Å². The molecule has 3 heteroatoms. The highest BCUT2D eigenvalue weighted by Gasteiger charge is 1.99. The van der Waals surface area contributed by atoms with E-state index in [1.54, 1.807) is 0 Å². The molecule has 2 amide bonds. The summed E-state index contributed by atoms with van der Waals surface area (Å²) in [5.74, 6) is 0. The van der Waals surface area contributed by atoms with Crippen LogP contribution in [0.4, 0.5) is 4.79 Å². The Hall–Kier alpha value is -0.730. The van der Waals surface area contributed by atoms with E-state index in [1.165, 1.54) is 103 Å². The highest BCUT2D eigenvalue weighted by Crippen LogP contribution is 2.10. The molecule has 0 radical (unpaired) electrons. The van der Waals surface area contributed by atoms with E-state index in [4.69, 9.17) is 0 Å². The molecule has 0 spiro atoms. The van der Waals surface area contributed by atoms with E-state index in [1.807, 2.05) is 0 Å². The molecule has 0 aromatic carbocycles. The van der Waals surface area contributed by atoms with E-state index >= 15 is 0 Å². The lowest BCUT2D eigenvalue weighted by Crippen LogP contribution is -2.36. The summed E-state index contributed by atoms with van der Waals surface area (Å²) in [6.45, 7) is 6.16. The van der Waals surface area contributed by atoms with Crippen molar-refractivity contribution in [2.24, 2.45) is 0 Å². The van der Waals surface area contributed by atoms with E-state index in [9.17, 15) is 4.79 Å². The Morgan fingerprint density at radius 1 is 0.462 bits per heavy atom. The highest BCUT2D eigenvalue weighted by molar-refractivity contribution is 5.73.